The Morgan fingerprint density at radius 3 is 2.48 bits per heavy atom. The molecule has 0 bridgehead atoms. The van der Waals surface area contributed by atoms with Crippen LogP contribution in [-0.2, 0) is 11.3 Å². The van der Waals surface area contributed by atoms with Crippen molar-refractivity contribution in [1.29, 1.82) is 0 Å². The molecular formula is C15H21FN2O3. The first-order valence-corrected chi connectivity index (χ1v) is 6.94. The van der Waals surface area contributed by atoms with Gasteiger partial charge in [0, 0.05) is 26.6 Å². The van der Waals surface area contributed by atoms with E-state index < -0.39 is 5.97 Å². The molecule has 6 heteroatoms. The number of unbranched alkanes of at least 4 members (excludes halogenated alkanes) is 2. The summed E-state index contributed by atoms with van der Waals surface area (Å²) in [5.74, 6) is -1.09. The normalized spacial score (nSPS) is 10.2. The van der Waals surface area contributed by atoms with Crippen molar-refractivity contribution in [3.05, 3.63) is 35.6 Å². The van der Waals surface area contributed by atoms with E-state index in [1.54, 1.807) is 19.2 Å². The second kappa shape index (κ2) is 8.94. The lowest BCUT2D eigenvalue weighted by atomic mass is 10.2. The van der Waals surface area contributed by atoms with Crippen molar-refractivity contribution < 1.29 is 19.1 Å². The minimum atomic E-state index is -0.793. The molecule has 0 aromatic heterocycles. The molecule has 1 rings (SSSR count). The number of aliphatic carboxylic acids is 1. The predicted molar refractivity (Wildman–Crippen MR) is 77.4 cm³/mol. The average Bonchev–Trinajstić information content (AvgIpc) is 2.44. The van der Waals surface area contributed by atoms with Gasteiger partial charge in [0.05, 0.1) is 0 Å². The molecule has 116 valence electrons. The summed E-state index contributed by atoms with van der Waals surface area (Å²) in [6.45, 7) is 0.928. The monoisotopic (exact) mass is 296 g/mol. The minimum absolute atomic E-state index is 0.165. The first kappa shape index (κ1) is 16.9. The van der Waals surface area contributed by atoms with Gasteiger partial charge in [-0.1, -0.05) is 18.6 Å². The zero-order valence-corrected chi connectivity index (χ0v) is 12.1. The fourth-order valence-corrected chi connectivity index (χ4v) is 1.84. The summed E-state index contributed by atoms with van der Waals surface area (Å²) in [6.07, 6.45) is 2.31. The summed E-state index contributed by atoms with van der Waals surface area (Å²) < 4.78 is 12.8. The quantitative estimate of drug-likeness (QED) is 0.724. The minimum Gasteiger partial charge on any atom is -0.481 e. The number of benzene rings is 1. The Labute approximate surface area is 123 Å². The molecular weight excluding hydrogens is 275 g/mol. The Balaban J connectivity index is 2.19. The molecule has 0 saturated carbocycles. The van der Waals surface area contributed by atoms with E-state index in [0.717, 1.165) is 18.4 Å². The Hall–Kier alpha value is -2.11. The van der Waals surface area contributed by atoms with Gasteiger partial charge in [-0.25, -0.2) is 9.18 Å². The van der Waals surface area contributed by atoms with Crippen LogP contribution in [0.15, 0.2) is 24.3 Å². The van der Waals surface area contributed by atoms with Crippen LogP contribution in [0.4, 0.5) is 9.18 Å². The zero-order valence-electron chi connectivity index (χ0n) is 12.1. The van der Waals surface area contributed by atoms with E-state index in [4.69, 9.17) is 5.11 Å². The smallest absolute Gasteiger partial charge is 0.317 e. The van der Waals surface area contributed by atoms with Crippen molar-refractivity contribution in [3.8, 4) is 0 Å². The highest BCUT2D eigenvalue weighted by atomic mass is 19.1. The summed E-state index contributed by atoms with van der Waals surface area (Å²) in [5, 5.41) is 11.3. The third-order valence-corrected chi connectivity index (χ3v) is 3.02. The molecule has 1 aromatic carbocycles. The summed E-state index contributed by atoms with van der Waals surface area (Å²) >= 11 is 0. The zero-order chi connectivity index (χ0) is 15.7. The molecule has 0 aliphatic rings. The number of urea groups is 1. The van der Waals surface area contributed by atoms with Gasteiger partial charge in [0.25, 0.3) is 0 Å². The molecule has 0 unspecified atom stereocenters. The first-order chi connectivity index (χ1) is 9.99. The van der Waals surface area contributed by atoms with Crippen molar-refractivity contribution >= 4 is 12.0 Å². The maximum Gasteiger partial charge on any atom is 0.317 e. The summed E-state index contributed by atoms with van der Waals surface area (Å²) in [4.78, 5) is 23.6. The van der Waals surface area contributed by atoms with Gasteiger partial charge in [-0.15, -0.1) is 0 Å². The van der Waals surface area contributed by atoms with E-state index in [1.807, 2.05) is 0 Å². The Bertz CT molecular complexity index is 462. The van der Waals surface area contributed by atoms with Crippen LogP contribution in [0, 0.1) is 5.82 Å². The summed E-state index contributed by atoms with van der Waals surface area (Å²) in [7, 11) is 1.67. The maximum atomic E-state index is 12.8. The van der Waals surface area contributed by atoms with Gasteiger partial charge in [0.2, 0.25) is 0 Å². The fourth-order valence-electron chi connectivity index (χ4n) is 1.84. The summed E-state index contributed by atoms with van der Waals surface area (Å²) in [6, 6.07) is 5.82. The number of carboxylic acids is 1. The van der Waals surface area contributed by atoms with E-state index in [-0.39, 0.29) is 18.3 Å². The molecule has 0 atom stereocenters. The molecule has 5 nitrogen and oxygen atoms in total. The number of hydrogen-bond donors (Lipinski definition) is 2. The van der Waals surface area contributed by atoms with Gasteiger partial charge >= 0.3 is 12.0 Å². The van der Waals surface area contributed by atoms with E-state index in [0.29, 0.717) is 19.5 Å². The average molecular weight is 296 g/mol. The molecule has 1 aromatic rings. The number of rotatable bonds is 8. The van der Waals surface area contributed by atoms with Crippen LogP contribution in [0.5, 0.6) is 0 Å². The van der Waals surface area contributed by atoms with Crippen LogP contribution >= 0.6 is 0 Å². The van der Waals surface area contributed by atoms with Crippen LogP contribution in [0.1, 0.15) is 31.2 Å². The maximum absolute atomic E-state index is 12.8. The van der Waals surface area contributed by atoms with Crippen LogP contribution in [0.2, 0.25) is 0 Å². The molecule has 2 N–H and O–H groups in total. The van der Waals surface area contributed by atoms with Crippen molar-refractivity contribution in [2.75, 3.05) is 13.6 Å². The van der Waals surface area contributed by atoms with Gasteiger partial charge in [-0.05, 0) is 30.5 Å². The van der Waals surface area contributed by atoms with E-state index in [9.17, 15) is 14.0 Å². The fraction of sp³-hybridized carbons (Fsp3) is 0.467. The van der Waals surface area contributed by atoms with Crippen molar-refractivity contribution in [2.24, 2.45) is 0 Å². The molecule has 2 amide bonds. The molecule has 0 heterocycles. The Morgan fingerprint density at radius 1 is 1.19 bits per heavy atom. The van der Waals surface area contributed by atoms with Crippen molar-refractivity contribution in [3.63, 3.8) is 0 Å². The molecule has 0 spiro atoms. The van der Waals surface area contributed by atoms with Crippen LogP contribution in [-0.4, -0.2) is 35.6 Å². The van der Waals surface area contributed by atoms with Gasteiger partial charge in [0.15, 0.2) is 0 Å². The third kappa shape index (κ3) is 7.29. The van der Waals surface area contributed by atoms with Crippen molar-refractivity contribution in [2.45, 2.75) is 32.2 Å². The van der Waals surface area contributed by atoms with Crippen LogP contribution in [0.3, 0.4) is 0 Å². The van der Waals surface area contributed by atoms with Gasteiger partial charge in [0.1, 0.15) is 5.82 Å². The number of carbonyl (C=O) groups excluding carboxylic acids is 1. The van der Waals surface area contributed by atoms with E-state index >= 15 is 0 Å². The number of hydrogen-bond acceptors (Lipinski definition) is 2. The Morgan fingerprint density at radius 2 is 1.86 bits per heavy atom. The number of nitrogens with zero attached hydrogens (tertiary/aromatic N) is 1. The van der Waals surface area contributed by atoms with Crippen LogP contribution in [0.25, 0.3) is 0 Å². The second-order valence-electron chi connectivity index (χ2n) is 4.92. The van der Waals surface area contributed by atoms with Crippen LogP contribution < -0.4 is 5.32 Å². The molecule has 0 radical (unpaired) electrons. The SMILES string of the molecule is CN(Cc1ccc(F)cc1)C(=O)NCCCCCC(=O)O. The van der Waals surface area contributed by atoms with E-state index in [1.165, 1.54) is 17.0 Å². The highest BCUT2D eigenvalue weighted by molar-refractivity contribution is 5.73. The highest BCUT2D eigenvalue weighted by Crippen LogP contribution is 2.05. The lowest BCUT2D eigenvalue weighted by molar-refractivity contribution is -0.137. The van der Waals surface area contributed by atoms with Crippen molar-refractivity contribution in [1.82, 2.24) is 10.2 Å². The lowest BCUT2D eigenvalue weighted by Gasteiger charge is -2.18. The molecule has 0 saturated heterocycles. The number of halogens is 1. The number of carbonyl (C=O) groups is 2. The molecule has 21 heavy (non-hydrogen) atoms. The van der Waals surface area contributed by atoms with Gasteiger partial charge in [-0.3, -0.25) is 4.79 Å². The highest BCUT2D eigenvalue weighted by Gasteiger charge is 2.08. The number of carboxylic acid groups (broad SMARTS) is 1. The first-order valence-electron chi connectivity index (χ1n) is 6.94. The number of amides is 2. The Kier molecular flexibility index (Phi) is 7.21. The second-order valence-corrected chi connectivity index (χ2v) is 4.92. The molecule has 0 fully saturated rings. The third-order valence-electron chi connectivity index (χ3n) is 3.02. The lowest BCUT2D eigenvalue weighted by Crippen LogP contribution is -2.37. The molecule has 0 aliphatic heterocycles. The standard InChI is InChI=1S/C15H21FN2O3/c1-18(11-12-6-8-13(16)9-7-12)15(21)17-10-4-2-3-5-14(19)20/h6-9H,2-5,10-11H2,1H3,(H,17,21)(H,19,20). The van der Waals surface area contributed by atoms with E-state index in [2.05, 4.69) is 5.32 Å². The number of nitrogens with one attached hydrogen (secondary N) is 1. The van der Waals surface area contributed by atoms with Gasteiger partial charge in [-0.2, -0.15) is 0 Å². The van der Waals surface area contributed by atoms with Gasteiger partial charge < -0.3 is 15.3 Å². The largest absolute Gasteiger partial charge is 0.481 e. The summed E-state index contributed by atoms with van der Waals surface area (Å²) in [5.41, 5.74) is 0.857. The topological polar surface area (TPSA) is 69.6 Å². The predicted octanol–water partition coefficient (Wildman–Crippen LogP) is 2.61. The molecule has 0 aliphatic carbocycles.